The normalized spacial score (nSPS) is 14.0. The topological polar surface area (TPSA) is 115 Å². The number of hydrogen-bond donors (Lipinski definition) is 4. The maximum atomic E-state index is 10.8. The zero-order valence-electron chi connectivity index (χ0n) is 7.90. The summed E-state index contributed by atoms with van der Waals surface area (Å²) in [5.74, 6) is 0. The Bertz CT molecular complexity index is 254. The van der Waals surface area contributed by atoms with Gasteiger partial charge in [-0.25, -0.2) is 0 Å². The molecule has 0 heterocycles. The van der Waals surface area contributed by atoms with Gasteiger partial charge in [0.1, 0.15) is 0 Å². The maximum Gasteiger partial charge on any atom is 0.395 e. The van der Waals surface area contributed by atoms with E-state index in [0.29, 0.717) is 0 Å². The van der Waals surface area contributed by atoms with Gasteiger partial charge in [-0.15, -0.1) is 0 Å². The van der Waals surface area contributed by atoms with Crippen LogP contribution in [0.1, 0.15) is 0 Å². The van der Waals surface area contributed by atoms with Crippen molar-refractivity contribution in [1.29, 1.82) is 0 Å². The fourth-order valence-corrected chi connectivity index (χ4v) is 4.47. The molecular formula is C4H14NO6P2Tc+. The van der Waals surface area contributed by atoms with E-state index in [-0.39, 0.29) is 20.1 Å². The molecule has 0 spiro atoms. The molecule has 1 radical (unpaired) electrons. The van der Waals surface area contributed by atoms with Crippen LogP contribution in [0.5, 0.6) is 0 Å². The molecule has 14 heavy (non-hydrogen) atoms. The smallest absolute Gasteiger partial charge is 0.320 e. The Morgan fingerprint density at radius 1 is 0.929 bits per heavy atom. The molecule has 4 N–H and O–H groups in total. The van der Waals surface area contributed by atoms with Crippen molar-refractivity contribution in [1.82, 2.24) is 0 Å². The van der Waals surface area contributed by atoms with Gasteiger partial charge in [0.25, 0.3) is 5.52 Å². The first-order valence-corrected chi connectivity index (χ1v) is 6.64. The minimum atomic E-state index is -4.81. The van der Waals surface area contributed by atoms with Crippen LogP contribution in [0.4, 0.5) is 0 Å². The summed E-state index contributed by atoms with van der Waals surface area (Å²) in [6.45, 7) is 0. The molecule has 0 rings (SSSR count). The third-order valence-corrected chi connectivity index (χ3v) is 5.69. The van der Waals surface area contributed by atoms with Gasteiger partial charge in [-0.1, -0.05) is 0 Å². The first-order valence-electron chi connectivity index (χ1n) is 3.28. The minimum absolute atomic E-state index is 0. The first kappa shape index (κ1) is 17.3. The summed E-state index contributed by atoms with van der Waals surface area (Å²) >= 11 is 0. The van der Waals surface area contributed by atoms with Crippen molar-refractivity contribution < 1.29 is 53.3 Å². The summed E-state index contributed by atoms with van der Waals surface area (Å²) in [4.78, 5) is 35.0. The molecule has 0 aromatic rings. The number of hydrogen-bond acceptors (Lipinski definition) is 2. The molecule has 0 bridgehead atoms. The molecule has 0 atom stereocenters. The van der Waals surface area contributed by atoms with Crippen molar-refractivity contribution in [3.8, 4) is 0 Å². The molecule has 87 valence electrons. The molecule has 10 heteroatoms. The Hall–Kier alpha value is 0.909. The third kappa shape index (κ3) is 5.12. The molecule has 0 aliphatic heterocycles. The second kappa shape index (κ2) is 4.83. The fraction of sp³-hybridized carbons (Fsp3) is 1.00. The Balaban J connectivity index is 0. The zero-order valence-corrected chi connectivity index (χ0v) is 11.5. The molecule has 0 aromatic heterocycles. The van der Waals surface area contributed by atoms with Crippen molar-refractivity contribution in [3.05, 3.63) is 0 Å². The summed E-state index contributed by atoms with van der Waals surface area (Å²) in [6, 6.07) is 0. The molecule has 0 fully saturated rings. The van der Waals surface area contributed by atoms with Crippen LogP contribution in [0.3, 0.4) is 0 Å². The molecule has 0 aliphatic rings. The number of nitrogens with zero attached hydrogens (tertiary/aromatic N) is 1. The average Bonchev–Trinajstić information content (AvgIpc) is 1.44. The van der Waals surface area contributed by atoms with Gasteiger partial charge in [-0.05, 0) is 0 Å². The van der Waals surface area contributed by atoms with E-state index in [1.165, 1.54) is 21.1 Å². The van der Waals surface area contributed by atoms with Crippen molar-refractivity contribution in [2.75, 3.05) is 21.1 Å². The van der Waals surface area contributed by atoms with Crippen LogP contribution in [-0.2, 0) is 29.2 Å². The van der Waals surface area contributed by atoms with Crippen LogP contribution in [0.25, 0.3) is 0 Å². The first-order chi connectivity index (χ1) is 5.37. The number of quaternary nitrogens is 1. The number of rotatable bonds is 3. The van der Waals surface area contributed by atoms with Crippen LogP contribution >= 0.6 is 15.2 Å². The van der Waals surface area contributed by atoms with E-state index in [2.05, 4.69) is 0 Å². The molecular weight excluding hydrogens is 319 g/mol. The summed E-state index contributed by atoms with van der Waals surface area (Å²) in [6.07, 6.45) is 0. The monoisotopic (exact) mass is 333 g/mol. The molecule has 7 nitrogen and oxygen atoms in total. The van der Waals surface area contributed by atoms with Crippen LogP contribution in [0, 0.1) is 0 Å². The van der Waals surface area contributed by atoms with E-state index < -0.39 is 25.2 Å². The second-order valence-electron chi connectivity index (χ2n) is 3.64. The van der Waals surface area contributed by atoms with Crippen molar-refractivity contribution >= 4 is 15.2 Å². The van der Waals surface area contributed by atoms with E-state index in [0.717, 1.165) is 0 Å². The summed E-state index contributed by atoms with van der Waals surface area (Å²) in [7, 11) is -5.69. The van der Waals surface area contributed by atoms with Crippen molar-refractivity contribution in [3.63, 3.8) is 0 Å². The Morgan fingerprint density at radius 2 is 1.14 bits per heavy atom. The fourth-order valence-electron chi connectivity index (χ4n) is 1.10. The van der Waals surface area contributed by atoms with E-state index >= 15 is 0 Å². The Kier molecular flexibility index (Phi) is 5.97. The second-order valence-corrected chi connectivity index (χ2v) is 7.38. The minimum Gasteiger partial charge on any atom is -0.320 e. The van der Waals surface area contributed by atoms with Crippen LogP contribution in [0.15, 0.2) is 0 Å². The van der Waals surface area contributed by atoms with Gasteiger partial charge in [0.2, 0.25) is 0 Å². The Labute approximate surface area is 95.4 Å². The third-order valence-electron chi connectivity index (χ3n) is 1.29. The predicted molar refractivity (Wildman–Crippen MR) is 45.9 cm³/mol. The van der Waals surface area contributed by atoms with Crippen LogP contribution in [-0.4, -0.2) is 50.7 Å². The van der Waals surface area contributed by atoms with Crippen LogP contribution in [0.2, 0.25) is 0 Å². The van der Waals surface area contributed by atoms with E-state index in [9.17, 15) is 9.13 Å². The van der Waals surface area contributed by atoms with Gasteiger partial charge >= 0.3 is 15.2 Å². The standard InChI is InChI=1S/C4H13NO6P2.Tc/c1-5(2,3)4(12(6,7)8)13(9,10)11;/h4H,1-3H3,(H3-,6,7,8,9,10,11);/p+1/i;1+1. The molecule has 0 aromatic carbocycles. The zero-order chi connectivity index (χ0) is 11.1. The summed E-state index contributed by atoms with van der Waals surface area (Å²) in [5.41, 5.74) is -2.00. The van der Waals surface area contributed by atoms with E-state index in [1.54, 1.807) is 0 Å². The predicted octanol–water partition coefficient (Wildman–Crippen LogP) is -0.671. The van der Waals surface area contributed by atoms with E-state index in [1.807, 2.05) is 0 Å². The molecule has 0 saturated carbocycles. The molecule has 0 amide bonds. The van der Waals surface area contributed by atoms with Crippen LogP contribution < -0.4 is 0 Å². The van der Waals surface area contributed by atoms with Gasteiger partial charge in [0, 0.05) is 20.1 Å². The largest absolute Gasteiger partial charge is 0.395 e. The van der Waals surface area contributed by atoms with Crippen molar-refractivity contribution in [2.24, 2.45) is 0 Å². The molecule has 0 aliphatic carbocycles. The van der Waals surface area contributed by atoms with Gasteiger partial charge in [0.05, 0.1) is 21.1 Å². The van der Waals surface area contributed by atoms with Gasteiger partial charge in [0.15, 0.2) is 0 Å². The van der Waals surface area contributed by atoms with Crippen molar-refractivity contribution in [2.45, 2.75) is 5.52 Å². The molecule has 0 saturated heterocycles. The van der Waals surface area contributed by atoms with Gasteiger partial charge < -0.3 is 24.1 Å². The maximum absolute atomic E-state index is 10.8. The summed E-state index contributed by atoms with van der Waals surface area (Å²) < 4.78 is 21.1. The van der Waals surface area contributed by atoms with Gasteiger partial charge in [-0.3, -0.25) is 9.13 Å². The average molecular weight is 333 g/mol. The van der Waals surface area contributed by atoms with E-state index in [4.69, 9.17) is 19.6 Å². The SMILES string of the molecule is C[N+](C)(C)C(P(=O)(O)O)P(=O)(O)O.[99Tc]. The molecule has 0 unspecified atom stereocenters. The Morgan fingerprint density at radius 3 is 1.14 bits per heavy atom. The summed E-state index contributed by atoms with van der Waals surface area (Å²) in [5, 5.41) is 0. The van der Waals surface area contributed by atoms with Gasteiger partial charge in [-0.2, -0.15) is 0 Å². The quantitative estimate of drug-likeness (QED) is 0.402.